The Bertz CT molecular complexity index is 584. The van der Waals surface area contributed by atoms with E-state index in [2.05, 4.69) is 15.3 Å². The maximum atomic E-state index is 12.7. The number of nitrogens with one attached hydrogen (secondary N) is 1. The van der Waals surface area contributed by atoms with Gasteiger partial charge in [0, 0.05) is 25.7 Å². The van der Waals surface area contributed by atoms with Crippen molar-refractivity contribution in [1.29, 1.82) is 0 Å². The summed E-state index contributed by atoms with van der Waals surface area (Å²) in [6.45, 7) is 3.64. The van der Waals surface area contributed by atoms with Gasteiger partial charge in [0.1, 0.15) is 5.69 Å². The average molecular weight is 309 g/mol. The number of anilines is 1. The standard InChI is InChI=1S/C15H21ClN4O/c16-12-6-18-20(7-10-3-4-10)15(21)14(12)19-8-11-2-1-5-17-13(11)9-19/h6,10-11,13,17H,1-5,7-9H2/t11-,13+/m0/s1. The fourth-order valence-corrected chi connectivity index (χ4v) is 3.89. The van der Waals surface area contributed by atoms with Crippen molar-refractivity contribution in [2.24, 2.45) is 11.8 Å². The minimum atomic E-state index is -0.0203. The molecule has 114 valence electrons. The van der Waals surface area contributed by atoms with Crippen LogP contribution in [0, 0.1) is 11.8 Å². The smallest absolute Gasteiger partial charge is 0.291 e. The first kappa shape index (κ1) is 13.6. The molecule has 0 bridgehead atoms. The van der Waals surface area contributed by atoms with E-state index in [4.69, 9.17) is 11.6 Å². The third-order valence-electron chi connectivity index (χ3n) is 5.02. The number of aromatic nitrogens is 2. The van der Waals surface area contributed by atoms with Crippen molar-refractivity contribution in [2.75, 3.05) is 24.5 Å². The zero-order valence-corrected chi connectivity index (χ0v) is 12.9. The second-order valence-corrected chi connectivity index (χ2v) is 7.05. The summed E-state index contributed by atoms with van der Waals surface area (Å²) < 4.78 is 1.61. The van der Waals surface area contributed by atoms with Crippen LogP contribution in [-0.4, -0.2) is 35.5 Å². The van der Waals surface area contributed by atoms with E-state index in [0.717, 1.165) is 26.2 Å². The van der Waals surface area contributed by atoms with Crippen molar-refractivity contribution < 1.29 is 0 Å². The van der Waals surface area contributed by atoms with E-state index in [1.165, 1.54) is 25.7 Å². The molecule has 3 fully saturated rings. The number of piperidine rings is 1. The molecule has 2 saturated heterocycles. The van der Waals surface area contributed by atoms with E-state index in [1.807, 2.05) is 0 Å². The fraction of sp³-hybridized carbons (Fsp3) is 0.733. The van der Waals surface area contributed by atoms with Gasteiger partial charge >= 0.3 is 0 Å². The van der Waals surface area contributed by atoms with Crippen molar-refractivity contribution in [3.63, 3.8) is 0 Å². The van der Waals surface area contributed by atoms with Crippen molar-refractivity contribution in [3.05, 3.63) is 21.6 Å². The van der Waals surface area contributed by atoms with Gasteiger partial charge in [-0.2, -0.15) is 5.10 Å². The molecular formula is C15H21ClN4O. The molecule has 1 N–H and O–H groups in total. The lowest BCUT2D eigenvalue weighted by Crippen LogP contribution is -2.41. The molecule has 2 aliphatic heterocycles. The molecule has 6 heteroatoms. The number of fused-ring (bicyclic) bond motifs is 1. The van der Waals surface area contributed by atoms with Gasteiger partial charge in [-0.1, -0.05) is 11.6 Å². The highest BCUT2D eigenvalue weighted by molar-refractivity contribution is 6.33. The minimum Gasteiger partial charge on any atom is -0.364 e. The normalized spacial score (nSPS) is 28.7. The molecule has 1 saturated carbocycles. The van der Waals surface area contributed by atoms with Gasteiger partial charge < -0.3 is 10.2 Å². The first-order valence-electron chi connectivity index (χ1n) is 7.96. The van der Waals surface area contributed by atoms with E-state index >= 15 is 0 Å². The largest absolute Gasteiger partial charge is 0.364 e. The Labute approximate surface area is 129 Å². The number of rotatable bonds is 3. The SMILES string of the molecule is O=c1c(N2C[C@@H]3CCCN[C@@H]3C2)c(Cl)cnn1CC1CC1. The minimum absolute atomic E-state index is 0.0203. The fourth-order valence-electron chi connectivity index (χ4n) is 3.65. The van der Waals surface area contributed by atoms with Gasteiger partial charge in [0.15, 0.2) is 0 Å². The number of halogens is 1. The number of hydrogen-bond donors (Lipinski definition) is 1. The molecule has 4 rings (SSSR count). The summed E-state index contributed by atoms with van der Waals surface area (Å²) in [6, 6.07) is 0.499. The molecule has 3 heterocycles. The van der Waals surface area contributed by atoms with Crippen LogP contribution in [0.1, 0.15) is 25.7 Å². The third kappa shape index (κ3) is 2.57. The summed E-state index contributed by atoms with van der Waals surface area (Å²) in [7, 11) is 0. The molecule has 0 amide bonds. The molecule has 1 aromatic heterocycles. The van der Waals surface area contributed by atoms with Crippen molar-refractivity contribution in [3.8, 4) is 0 Å². The Hall–Kier alpha value is -1.07. The molecule has 3 aliphatic rings. The van der Waals surface area contributed by atoms with Crippen LogP contribution in [0.2, 0.25) is 5.02 Å². The lowest BCUT2D eigenvalue weighted by Gasteiger charge is -2.24. The molecule has 0 unspecified atom stereocenters. The average Bonchev–Trinajstić information content (AvgIpc) is 3.19. The summed E-state index contributed by atoms with van der Waals surface area (Å²) >= 11 is 6.29. The number of hydrogen-bond acceptors (Lipinski definition) is 4. The first-order chi connectivity index (χ1) is 10.2. The highest BCUT2D eigenvalue weighted by Gasteiger charge is 2.36. The van der Waals surface area contributed by atoms with Crippen LogP contribution in [0.15, 0.2) is 11.0 Å². The monoisotopic (exact) mass is 308 g/mol. The zero-order valence-electron chi connectivity index (χ0n) is 12.1. The Morgan fingerprint density at radius 2 is 2.19 bits per heavy atom. The van der Waals surface area contributed by atoms with Crippen LogP contribution in [-0.2, 0) is 6.54 Å². The molecule has 0 radical (unpaired) electrons. The van der Waals surface area contributed by atoms with Crippen LogP contribution >= 0.6 is 11.6 Å². The van der Waals surface area contributed by atoms with Gasteiger partial charge in [0.05, 0.1) is 11.2 Å². The lowest BCUT2D eigenvalue weighted by molar-refractivity contribution is 0.340. The molecule has 1 aromatic rings. The summed E-state index contributed by atoms with van der Waals surface area (Å²) in [6.07, 6.45) is 6.53. The van der Waals surface area contributed by atoms with Crippen LogP contribution in [0.5, 0.6) is 0 Å². The van der Waals surface area contributed by atoms with Crippen molar-refractivity contribution in [1.82, 2.24) is 15.1 Å². The van der Waals surface area contributed by atoms with E-state index in [0.29, 0.717) is 28.6 Å². The third-order valence-corrected chi connectivity index (χ3v) is 5.29. The molecule has 0 spiro atoms. The maximum absolute atomic E-state index is 12.7. The van der Waals surface area contributed by atoms with E-state index in [-0.39, 0.29) is 5.56 Å². The molecule has 21 heavy (non-hydrogen) atoms. The Morgan fingerprint density at radius 3 is 2.95 bits per heavy atom. The Kier molecular flexibility index (Phi) is 3.42. The highest BCUT2D eigenvalue weighted by atomic mass is 35.5. The summed E-state index contributed by atoms with van der Waals surface area (Å²) in [4.78, 5) is 14.9. The Morgan fingerprint density at radius 1 is 1.33 bits per heavy atom. The molecule has 2 atom stereocenters. The van der Waals surface area contributed by atoms with Crippen LogP contribution < -0.4 is 15.8 Å². The van der Waals surface area contributed by atoms with Crippen molar-refractivity contribution in [2.45, 2.75) is 38.3 Å². The summed E-state index contributed by atoms with van der Waals surface area (Å²) in [5.74, 6) is 1.27. The maximum Gasteiger partial charge on any atom is 0.291 e. The zero-order chi connectivity index (χ0) is 14.4. The van der Waals surface area contributed by atoms with Gasteiger partial charge in [0.2, 0.25) is 0 Å². The predicted molar refractivity (Wildman–Crippen MR) is 83.0 cm³/mol. The van der Waals surface area contributed by atoms with Gasteiger partial charge in [-0.25, -0.2) is 4.68 Å². The second-order valence-electron chi connectivity index (χ2n) is 6.64. The van der Waals surface area contributed by atoms with Crippen molar-refractivity contribution >= 4 is 17.3 Å². The van der Waals surface area contributed by atoms with E-state index in [1.54, 1.807) is 10.9 Å². The van der Waals surface area contributed by atoms with Crippen LogP contribution in [0.4, 0.5) is 5.69 Å². The lowest BCUT2D eigenvalue weighted by atomic mass is 9.94. The van der Waals surface area contributed by atoms with Gasteiger partial charge in [-0.15, -0.1) is 0 Å². The van der Waals surface area contributed by atoms with Gasteiger partial charge in [-0.05, 0) is 44.1 Å². The Balaban J connectivity index is 1.63. The summed E-state index contributed by atoms with van der Waals surface area (Å²) in [5, 5.41) is 8.27. The summed E-state index contributed by atoms with van der Waals surface area (Å²) in [5.41, 5.74) is 0.636. The highest BCUT2D eigenvalue weighted by Crippen LogP contribution is 2.32. The van der Waals surface area contributed by atoms with E-state index in [9.17, 15) is 4.79 Å². The van der Waals surface area contributed by atoms with Gasteiger partial charge in [0.25, 0.3) is 5.56 Å². The number of nitrogens with zero attached hydrogens (tertiary/aromatic N) is 3. The quantitative estimate of drug-likeness (QED) is 0.919. The first-order valence-corrected chi connectivity index (χ1v) is 8.34. The van der Waals surface area contributed by atoms with Gasteiger partial charge in [-0.3, -0.25) is 4.79 Å². The second kappa shape index (κ2) is 5.29. The molecule has 0 aromatic carbocycles. The topological polar surface area (TPSA) is 50.2 Å². The predicted octanol–water partition coefficient (Wildman–Crippen LogP) is 1.49. The molecular weight excluding hydrogens is 288 g/mol. The van der Waals surface area contributed by atoms with E-state index < -0.39 is 0 Å². The molecule has 5 nitrogen and oxygen atoms in total. The van der Waals surface area contributed by atoms with Crippen LogP contribution in [0.25, 0.3) is 0 Å². The molecule has 1 aliphatic carbocycles. The van der Waals surface area contributed by atoms with Crippen LogP contribution in [0.3, 0.4) is 0 Å².